The molecule has 0 radical (unpaired) electrons. The Hall–Kier alpha value is -2.17. The lowest BCUT2D eigenvalue weighted by molar-refractivity contribution is -0.139. The number of rotatable bonds is 9. The molecule has 0 aliphatic carbocycles. The lowest BCUT2D eigenvalue weighted by Crippen LogP contribution is -2.13. The minimum absolute atomic E-state index is 0.149. The van der Waals surface area contributed by atoms with Crippen molar-refractivity contribution in [3.8, 4) is 17.2 Å². The van der Waals surface area contributed by atoms with Crippen LogP contribution in [-0.2, 0) is 9.53 Å². The quantitative estimate of drug-likeness (QED) is 0.398. The molecule has 0 heterocycles. The van der Waals surface area contributed by atoms with Crippen LogP contribution in [0.2, 0.25) is 0 Å². The third-order valence-electron chi connectivity index (χ3n) is 2.45. The third kappa shape index (κ3) is 5.38. The van der Waals surface area contributed by atoms with E-state index in [2.05, 4.69) is 6.58 Å². The van der Waals surface area contributed by atoms with Gasteiger partial charge in [0.25, 0.3) is 0 Å². The summed E-state index contributed by atoms with van der Waals surface area (Å²) in [6.07, 6.45) is 0. The molecule has 1 rings (SSSR count). The highest BCUT2D eigenvalue weighted by Crippen LogP contribution is 2.37. The van der Waals surface area contributed by atoms with Gasteiger partial charge < -0.3 is 18.9 Å². The molecule has 1 aromatic rings. The number of carbonyl (C=O) groups is 1. The lowest BCUT2D eigenvalue weighted by atomic mass is 10.3. The van der Waals surface area contributed by atoms with Crippen molar-refractivity contribution in [3.05, 3.63) is 30.4 Å². The third-order valence-corrected chi connectivity index (χ3v) is 2.45. The summed E-state index contributed by atoms with van der Waals surface area (Å²) in [7, 11) is 0. The summed E-state index contributed by atoms with van der Waals surface area (Å²) in [6.45, 7) is 10.3. The van der Waals surface area contributed by atoms with E-state index >= 15 is 0 Å². The Balaban J connectivity index is 2.63. The topological polar surface area (TPSA) is 54.0 Å². The summed E-state index contributed by atoms with van der Waals surface area (Å²) in [4.78, 5) is 11.2. The largest absolute Gasteiger partial charge is 0.490 e. The summed E-state index contributed by atoms with van der Waals surface area (Å²) < 4.78 is 21.6. The van der Waals surface area contributed by atoms with Crippen molar-refractivity contribution >= 4 is 5.97 Å². The molecule has 0 amide bonds. The fraction of sp³-hybridized carbons (Fsp3) is 0.438. The van der Waals surface area contributed by atoms with E-state index < -0.39 is 5.97 Å². The van der Waals surface area contributed by atoms with Crippen LogP contribution in [0, 0.1) is 0 Å². The second-order valence-electron chi connectivity index (χ2n) is 4.21. The van der Waals surface area contributed by atoms with Crippen molar-refractivity contribution < 1.29 is 23.7 Å². The van der Waals surface area contributed by atoms with Crippen LogP contribution >= 0.6 is 0 Å². The number of para-hydroxylation sites is 1. The SMILES string of the molecule is C=C(C)C(=O)OCCOc1cccc(OCC)c1OCC. The molecule has 0 aliphatic heterocycles. The van der Waals surface area contributed by atoms with Crippen LogP contribution in [0.4, 0.5) is 0 Å². The molecule has 0 spiro atoms. The first kappa shape index (κ1) is 16.9. The van der Waals surface area contributed by atoms with Gasteiger partial charge in [-0.1, -0.05) is 12.6 Å². The summed E-state index contributed by atoms with van der Waals surface area (Å²) in [5.74, 6) is 1.34. The molecule has 0 N–H and O–H groups in total. The Morgan fingerprint density at radius 1 is 1.05 bits per heavy atom. The van der Waals surface area contributed by atoms with E-state index in [9.17, 15) is 4.79 Å². The predicted molar refractivity (Wildman–Crippen MR) is 80.0 cm³/mol. The van der Waals surface area contributed by atoms with E-state index in [1.807, 2.05) is 26.0 Å². The van der Waals surface area contributed by atoms with Gasteiger partial charge in [0.1, 0.15) is 13.2 Å². The van der Waals surface area contributed by atoms with Crippen molar-refractivity contribution in [2.24, 2.45) is 0 Å². The van der Waals surface area contributed by atoms with Gasteiger partial charge in [-0.25, -0.2) is 4.79 Å². The molecule has 5 nitrogen and oxygen atoms in total. The van der Waals surface area contributed by atoms with Crippen LogP contribution in [0.15, 0.2) is 30.4 Å². The number of benzene rings is 1. The summed E-state index contributed by atoms with van der Waals surface area (Å²) in [5, 5.41) is 0. The highest BCUT2D eigenvalue weighted by Gasteiger charge is 2.12. The maximum atomic E-state index is 11.2. The zero-order valence-electron chi connectivity index (χ0n) is 12.8. The molecule has 1 aromatic carbocycles. The maximum absolute atomic E-state index is 11.2. The molecular formula is C16H22O5. The summed E-state index contributed by atoms with van der Waals surface area (Å²) >= 11 is 0. The monoisotopic (exact) mass is 294 g/mol. The number of esters is 1. The Kier molecular flexibility index (Phi) is 7.15. The number of carbonyl (C=O) groups excluding carboxylic acids is 1. The fourth-order valence-corrected chi connectivity index (χ4v) is 1.57. The molecule has 5 heteroatoms. The van der Waals surface area contributed by atoms with Crippen LogP contribution in [0.5, 0.6) is 17.2 Å². The van der Waals surface area contributed by atoms with Crippen molar-refractivity contribution in [2.45, 2.75) is 20.8 Å². The molecule has 0 saturated heterocycles. The van der Waals surface area contributed by atoms with E-state index in [1.165, 1.54) is 0 Å². The molecule has 0 aliphatic rings. The van der Waals surface area contributed by atoms with Crippen LogP contribution < -0.4 is 14.2 Å². The first-order valence-corrected chi connectivity index (χ1v) is 6.94. The molecule has 0 saturated carbocycles. The van der Waals surface area contributed by atoms with Gasteiger partial charge >= 0.3 is 5.97 Å². The minimum Gasteiger partial charge on any atom is -0.490 e. The van der Waals surface area contributed by atoms with Gasteiger partial charge in [-0.15, -0.1) is 0 Å². The molecule has 116 valence electrons. The fourth-order valence-electron chi connectivity index (χ4n) is 1.57. The van der Waals surface area contributed by atoms with E-state index in [1.54, 1.807) is 13.0 Å². The van der Waals surface area contributed by atoms with Gasteiger partial charge in [0.15, 0.2) is 11.5 Å². The predicted octanol–water partition coefficient (Wildman–Crippen LogP) is 2.98. The van der Waals surface area contributed by atoms with Crippen LogP contribution in [0.1, 0.15) is 20.8 Å². The smallest absolute Gasteiger partial charge is 0.333 e. The van der Waals surface area contributed by atoms with Crippen molar-refractivity contribution in [1.82, 2.24) is 0 Å². The van der Waals surface area contributed by atoms with Gasteiger partial charge in [-0.05, 0) is 32.9 Å². The number of hydrogen-bond acceptors (Lipinski definition) is 5. The van der Waals surface area contributed by atoms with Crippen molar-refractivity contribution in [2.75, 3.05) is 26.4 Å². The maximum Gasteiger partial charge on any atom is 0.333 e. The molecule has 0 fully saturated rings. The number of hydrogen-bond donors (Lipinski definition) is 0. The van der Waals surface area contributed by atoms with E-state index in [4.69, 9.17) is 18.9 Å². The Morgan fingerprint density at radius 3 is 2.24 bits per heavy atom. The highest BCUT2D eigenvalue weighted by atomic mass is 16.6. The van der Waals surface area contributed by atoms with Gasteiger partial charge in [-0.3, -0.25) is 0 Å². The highest BCUT2D eigenvalue weighted by molar-refractivity contribution is 5.86. The van der Waals surface area contributed by atoms with Crippen LogP contribution in [-0.4, -0.2) is 32.4 Å². The Bertz CT molecular complexity index is 482. The van der Waals surface area contributed by atoms with Crippen molar-refractivity contribution in [3.63, 3.8) is 0 Å². The first-order valence-electron chi connectivity index (χ1n) is 6.94. The normalized spacial score (nSPS) is 9.86. The van der Waals surface area contributed by atoms with Crippen LogP contribution in [0.3, 0.4) is 0 Å². The first-order chi connectivity index (χ1) is 10.1. The molecule has 0 unspecified atom stereocenters. The average molecular weight is 294 g/mol. The van der Waals surface area contributed by atoms with Crippen LogP contribution in [0.25, 0.3) is 0 Å². The second kappa shape index (κ2) is 8.89. The van der Waals surface area contributed by atoms with E-state index in [0.29, 0.717) is 36.0 Å². The average Bonchev–Trinajstić information content (AvgIpc) is 2.46. The Labute approximate surface area is 125 Å². The summed E-state index contributed by atoms with van der Waals surface area (Å²) in [6, 6.07) is 5.43. The molecule has 21 heavy (non-hydrogen) atoms. The van der Waals surface area contributed by atoms with Gasteiger partial charge in [0, 0.05) is 5.57 Å². The molecule has 0 aromatic heterocycles. The summed E-state index contributed by atoms with van der Waals surface area (Å²) in [5.41, 5.74) is 0.364. The molecule has 0 atom stereocenters. The van der Waals surface area contributed by atoms with Gasteiger partial charge in [0.05, 0.1) is 13.2 Å². The lowest BCUT2D eigenvalue weighted by Gasteiger charge is -2.15. The standard InChI is InChI=1S/C16H22O5/c1-5-18-13-8-7-9-14(15(13)19-6-2)20-10-11-21-16(17)12(3)4/h7-9H,3,5-6,10-11H2,1-2,4H3. The van der Waals surface area contributed by atoms with E-state index in [-0.39, 0.29) is 13.2 Å². The zero-order chi connectivity index (χ0) is 15.7. The van der Waals surface area contributed by atoms with Gasteiger partial charge in [-0.2, -0.15) is 0 Å². The van der Waals surface area contributed by atoms with Gasteiger partial charge in [0.2, 0.25) is 5.75 Å². The molecular weight excluding hydrogens is 272 g/mol. The zero-order valence-corrected chi connectivity index (χ0v) is 12.8. The second-order valence-corrected chi connectivity index (χ2v) is 4.21. The van der Waals surface area contributed by atoms with Crippen molar-refractivity contribution in [1.29, 1.82) is 0 Å². The Morgan fingerprint density at radius 2 is 1.67 bits per heavy atom. The number of ether oxygens (including phenoxy) is 4. The van der Waals surface area contributed by atoms with E-state index in [0.717, 1.165) is 0 Å². The minimum atomic E-state index is -0.424. The molecule has 0 bridgehead atoms.